The van der Waals surface area contributed by atoms with Gasteiger partial charge in [-0.1, -0.05) is 12.1 Å². The highest BCUT2D eigenvalue weighted by atomic mass is 16.5. The number of benzene rings is 1. The summed E-state index contributed by atoms with van der Waals surface area (Å²) in [5.74, 6) is -0.638. The van der Waals surface area contributed by atoms with E-state index < -0.39 is 5.97 Å². The van der Waals surface area contributed by atoms with Crippen molar-refractivity contribution in [3.05, 3.63) is 69.6 Å². The highest BCUT2D eigenvalue weighted by Gasteiger charge is 2.13. The van der Waals surface area contributed by atoms with Crippen LogP contribution in [0.3, 0.4) is 0 Å². The molecule has 0 saturated carbocycles. The average molecular weight is 314 g/mol. The minimum Gasteiger partial charge on any atom is -0.465 e. The summed E-state index contributed by atoms with van der Waals surface area (Å²) in [7, 11) is 4.62. The molecule has 1 heterocycles. The maximum absolute atomic E-state index is 12.3. The lowest BCUT2D eigenvalue weighted by Crippen LogP contribution is -2.28. The second-order valence-electron chi connectivity index (χ2n) is 5.21. The number of methoxy groups -OCH3 is 1. The largest absolute Gasteiger partial charge is 0.465 e. The first-order valence-corrected chi connectivity index (χ1v) is 7.02. The summed E-state index contributed by atoms with van der Waals surface area (Å²) >= 11 is 0. The lowest BCUT2D eigenvalue weighted by atomic mass is 10.1. The summed E-state index contributed by atoms with van der Waals surface area (Å²) in [6.07, 6.45) is 1.56. The predicted molar refractivity (Wildman–Crippen MR) is 85.3 cm³/mol. The van der Waals surface area contributed by atoms with Crippen molar-refractivity contribution in [2.24, 2.45) is 7.05 Å². The van der Waals surface area contributed by atoms with Gasteiger partial charge in [-0.15, -0.1) is 0 Å². The summed E-state index contributed by atoms with van der Waals surface area (Å²) in [4.78, 5) is 36.8. The van der Waals surface area contributed by atoms with Crippen LogP contribution in [0.5, 0.6) is 0 Å². The summed E-state index contributed by atoms with van der Waals surface area (Å²) in [6.45, 7) is 0.371. The van der Waals surface area contributed by atoms with Crippen molar-refractivity contribution >= 4 is 11.9 Å². The molecule has 0 atom stereocenters. The van der Waals surface area contributed by atoms with Crippen LogP contribution < -0.4 is 5.56 Å². The van der Waals surface area contributed by atoms with Gasteiger partial charge in [-0.25, -0.2) is 4.79 Å². The van der Waals surface area contributed by atoms with Gasteiger partial charge in [-0.05, 0) is 23.8 Å². The minimum absolute atomic E-state index is 0.230. The van der Waals surface area contributed by atoms with Crippen LogP contribution in [0.4, 0.5) is 0 Å². The van der Waals surface area contributed by atoms with E-state index in [9.17, 15) is 14.4 Å². The standard InChI is InChI=1S/C17H18N2O4/c1-18-9-8-14(10-15(18)20)16(21)19(2)11-12-4-6-13(7-5-12)17(22)23-3/h4-10H,11H2,1-3H3. The van der Waals surface area contributed by atoms with Crippen LogP contribution in [-0.4, -0.2) is 35.5 Å². The quantitative estimate of drug-likeness (QED) is 0.801. The number of aryl methyl sites for hydroxylation is 1. The van der Waals surface area contributed by atoms with Crippen molar-refractivity contribution in [2.45, 2.75) is 6.54 Å². The van der Waals surface area contributed by atoms with Gasteiger partial charge in [0, 0.05) is 38.5 Å². The second kappa shape index (κ2) is 6.91. The van der Waals surface area contributed by atoms with Crippen molar-refractivity contribution in [3.63, 3.8) is 0 Å². The fourth-order valence-corrected chi connectivity index (χ4v) is 2.11. The van der Waals surface area contributed by atoms with E-state index >= 15 is 0 Å². The first-order chi connectivity index (χ1) is 10.9. The molecule has 23 heavy (non-hydrogen) atoms. The van der Waals surface area contributed by atoms with E-state index in [0.29, 0.717) is 17.7 Å². The number of ether oxygens (including phenoxy) is 1. The van der Waals surface area contributed by atoms with Crippen molar-refractivity contribution < 1.29 is 14.3 Å². The van der Waals surface area contributed by atoms with Crippen LogP contribution in [0.1, 0.15) is 26.3 Å². The molecule has 0 aliphatic heterocycles. The Labute approximate surface area is 133 Å². The van der Waals surface area contributed by atoms with Gasteiger partial charge in [0.05, 0.1) is 12.7 Å². The van der Waals surface area contributed by atoms with Crippen LogP contribution in [-0.2, 0) is 18.3 Å². The van der Waals surface area contributed by atoms with Crippen LogP contribution in [0, 0.1) is 0 Å². The fourth-order valence-electron chi connectivity index (χ4n) is 2.11. The molecule has 0 N–H and O–H groups in total. The topological polar surface area (TPSA) is 68.6 Å². The van der Waals surface area contributed by atoms with Gasteiger partial charge in [0.1, 0.15) is 0 Å². The maximum atomic E-state index is 12.3. The van der Waals surface area contributed by atoms with Gasteiger partial charge in [0.15, 0.2) is 0 Å². The van der Waals surface area contributed by atoms with Crippen LogP contribution >= 0.6 is 0 Å². The van der Waals surface area contributed by atoms with Gasteiger partial charge in [-0.2, -0.15) is 0 Å². The molecule has 1 aromatic heterocycles. The average Bonchev–Trinajstić information content (AvgIpc) is 2.56. The molecular formula is C17H18N2O4. The molecule has 0 saturated heterocycles. The van der Waals surface area contributed by atoms with E-state index in [2.05, 4.69) is 4.74 Å². The maximum Gasteiger partial charge on any atom is 0.337 e. The van der Waals surface area contributed by atoms with Gasteiger partial charge >= 0.3 is 5.97 Å². The Hall–Kier alpha value is -2.89. The Morgan fingerprint density at radius 1 is 1.13 bits per heavy atom. The Morgan fingerprint density at radius 2 is 1.78 bits per heavy atom. The summed E-state index contributed by atoms with van der Waals surface area (Å²) < 4.78 is 6.04. The molecule has 2 rings (SSSR count). The third-order valence-corrected chi connectivity index (χ3v) is 3.49. The molecule has 120 valence electrons. The summed E-state index contributed by atoms with van der Waals surface area (Å²) in [6, 6.07) is 9.76. The number of amides is 1. The predicted octanol–water partition coefficient (Wildman–Crippen LogP) is 1.44. The van der Waals surface area contributed by atoms with Gasteiger partial charge in [0.2, 0.25) is 0 Å². The lowest BCUT2D eigenvalue weighted by molar-refractivity contribution is 0.0600. The zero-order chi connectivity index (χ0) is 17.0. The SMILES string of the molecule is COC(=O)c1ccc(CN(C)C(=O)c2ccn(C)c(=O)c2)cc1. The number of hydrogen-bond acceptors (Lipinski definition) is 4. The van der Waals surface area contributed by atoms with E-state index in [1.807, 2.05) is 0 Å². The van der Waals surface area contributed by atoms with E-state index in [-0.39, 0.29) is 11.5 Å². The molecular weight excluding hydrogens is 296 g/mol. The number of nitrogens with zero attached hydrogens (tertiary/aromatic N) is 2. The molecule has 0 aliphatic rings. The first-order valence-electron chi connectivity index (χ1n) is 7.02. The molecule has 0 radical (unpaired) electrons. The zero-order valence-corrected chi connectivity index (χ0v) is 13.3. The number of esters is 1. The molecule has 0 aliphatic carbocycles. The Morgan fingerprint density at radius 3 is 2.35 bits per heavy atom. The number of rotatable bonds is 4. The zero-order valence-electron chi connectivity index (χ0n) is 13.3. The minimum atomic E-state index is -0.402. The molecule has 6 heteroatoms. The first kappa shape index (κ1) is 16.5. The normalized spacial score (nSPS) is 10.2. The summed E-state index contributed by atoms with van der Waals surface area (Å²) in [5, 5.41) is 0. The second-order valence-corrected chi connectivity index (χ2v) is 5.21. The van der Waals surface area contributed by atoms with Crippen molar-refractivity contribution in [3.8, 4) is 0 Å². The van der Waals surface area contributed by atoms with E-state index in [1.165, 1.54) is 22.6 Å². The lowest BCUT2D eigenvalue weighted by Gasteiger charge is -2.17. The molecule has 0 unspecified atom stereocenters. The van der Waals surface area contributed by atoms with Crippen molar-refractivity contribution in [2.75, 3.05) is 14.2 Å². The monoisotopic (exact) mass is 314 g/mol. The van der Waals surface area contributed by atoms with E-state index in [0.717, 1.165) is 5.56 Å². The highest BCUT2D eigenvalue weighted by molar-refractivity contribution is 5.93. The Bertz CT molecular complexity index is 778. The van der Waals surface area contributed by atoms with Crippen LogP contribution in [0.2, 0.25) is 0 Å². The van der Waals surface area contributed by atoms with Gasteiger partial charge in [0.25, 0.3) is 11.5 Å². The molecule has 1 amide bonds. The number of hydrogen-bond donors (Lipinski definition) is 0. The molecule has 0 spiro atoms. The fraction of sp³-hybridized carbons (Fsp3) is 0.235. The van der Waals surface area contributed by atoms with Crippen LogP contribution in [0.15, 0.2) is 47.4 Å². The van der Waals surface area contributed by atoms with E-state index in [1.54, 1.807) is 50.6 Å². The smallest absolute Gasteiger partial charge is 0.337 e. The van der Waals surface area contributed by atoms with E-state index in [4.69, 9.17) is 0 Å². The van der Waals surface area contributed by atoms with Gasteiger partial charge in [-0.3, -0.25) is 9.59 Å². The van der Waals surface area contributed by atoms with Crippen molar-refractivity contribution in [1.29, 1.82) is 0 Å². The Balaban J connectivity index is 2.10. The molecule has 6 nitrogen and oxygen atoms in total. The third kappa shape index (κ3) is 3.85. The Kier molecular flexibility index (Phi) is 4.95. The van der Waals surface area contributed by atoms with Crippen molar-refractivity contribution in [1.82, 2.24) is 9.47 Å². The van der Waals surface area contributed by atoms with Crippen LogP contribution in [0.25, 0.3) is 0 Å². The van der Waals surface area contributed by atoms with Gasteiger partial charge < -0.3 is 14.2 Å². The molecule has 1 aromatic carbocycles. The third-order valence-electron chi connectivity index (χ3n) is 3.49. The molecule has 2 aromatic rings. The summed E-state index contributed by atoms with van der Waals surface area (Å²) in [5.41, 5.74) is 1.45. The molecule has 0 bridgehead atoms. The number of aromatic nitrogens is 1. The molecule has 0 fully saturated rings. The highest BCUT2D eigenvalue weighted by Crippen LogP contribution is 2.10. The number of carbonyl (C=O) groups is 2. The number of carbonyl (C=O) groups excluding carboxylic acids is 2. The number of pyridine rings is 1.